The molecule has 100 valence electrons. The topological polar surface area (TPSA) is 12.9 Å². The van der Waals surface area contributed by atoms with Crippen molar-refractivity contribution in [1.82, 2.24) is 4.98 Å². The van der Waals surface area contributed by atoms with E-state index in [-0.39, 0.29) is 0 Å². The summed E-state index contributed by atoms with van der Waals surface area (Å²) in [6, 6.07) is 7.06. The Hall–Kier alpha value is -1.49. The van der Waals surface area contributed by atoms with Gasteiger partial charge in [0.1, 0.15) is 0 Å². The van der Waals surface area contributed by atoms with Crippen LogP contribution < -0.4 is 0 Å². The summed E-state index contributed by atoms with van der Waals surface area (Å²) in [4.78, 5) is 5.12. The van der Waals surface area contributed by atoms with Crippen molar-refractivity contribution in [3.05, 3.63) is 48.3 Å². The van der Waals surface area contributed by atoms with E-state index in [2.05, 4.69) is 4.98 Å². The summed E-state index contributed by atoms with van der Waals surface area (Å²) in [6.07, 6.45) is -0.888. The van der Waals surface area contributed by atoms with Crippen molar-refractivity contribution in [2.75, 3.05) is 5.75 Å². The molecule has 0 atom stereocenters. The van der Waals surface area contributed by atoms with E-state index in [1.54, 1.807) is 24.2 Å². The van der Waals surface area contributed by atoms with Gasteiger partial charge in [0.2, 0.25) is 0 Å². The Bertz CT molecular complexity index is 549. The first-order valence-corrected chi connectivity index (χ1v) is 6.74. The van der Waals surface area contributed by atoms with Crippen LogP contribution in [0, 0.1) is 0 Å². The van der Waals surface area contributed by atoms with Gasteiger partial charge in [-0.15, -0.1) is 11.8 Å². The number of hydrogen-bond donors (Lipinski definition) is 0. The van der Waals surface area contributed by atoms with Gasteiger partial charge in [-0.1, -0.05) is 19.1 Å². The molecule has 2 aromatic rings. The number of thioether (sulfide) groups is 1. The highest BCUT2D eigenvalue weighted by atomic mass is 32.2. The molecule has 1 nitrogen and oxygen atoms in total. The normalized spacial score (nSPS) is 11.6. The van der Waals surface area contributed by atoms with Gasteiger partial charge in [-0.3, -0.25) is 4.98 Å². The highest BCUT2D eigenvalue weighted by Gasteiger charge is 2.29. The predicted molar refractivity (Wildman–Crippen MR) is 71.1 cm³/mol. The molecule has 19 heavy (non-hydrogen) atoms. The molecule has 0 bridgehead atoms. The van der Waals surface area contributed by atoms with Crippen LogP contribution in [0.4, 0.5) is 13.2 Å². The van der Waals surface area contributed by atoms with Gasteiger partial charge in [0.05, 0.1) is 5.56 Å². The Morgan fingerprint density at radius 2 is 1.74 bits per heavy atom. The Balaban J connectivity index is 2.29. The number of hydrogen-bond acceptors (Lipinski definition) is 2. The van der Waals surface area contributed by atoms with Crippen LogP contribution in [0.5, 0.6) is 0 Å². The number of aromatic nitrogens is 1. The van der Waals surface area contributed by atoms with Crippen molar-refractivity contribution in [3.8, 4) is 11.1 Å². The van der Waals surface area contributed by atoms with Crippen LogP contribution in [0.1, 0.15) is 12.5 Å². The zero-order valence-corrected chi connectivity index (χ0v) is 11.1. The molecule has 1 heterocycles. The zero-order valence-electron chi connectivity index (χ0n) is 10.2. The van der Waals surface area contributed by atoms with Gasteiger partial charge in [-0.05, 0) is 29.5 Å². The summed E-state index contributed by atoms with van der Waals surface area (Å²) in [5.74, 6) is 0.929. The first-order chi connectivity index (χ1) is 9.00. The number of halogens is 3. The molecule has 0 unspecified atom stereocenters. The Morgan fingerprint density at radius 1 is 1.05 bits per heavy atom. The van der Waals surface area contributed by atoms with E-state index in [1.165, 1.54) is 12.1 Å². The number of alkyl halides is 3. The van der Waals surface area contributed by atoms with Gasteiger partial charge >= 0.3 is 6.18 Å². The molecule has 0 aliphatic carbocycles. The van der Waals surface area contributed by atoms with Crippen molar-refractivity contribution in [2.45, 2.75) is 18.0 Å². The van der Waals surface area contributed by atoms with E-state index in [9.17, 15) is 13.2 Å². The van der Waals surface area contributed by atoms with Crippen LogP contribution >= 0.6 is 11.8 Å². The van der Waals surface area contributed by atoms with Crippen LogP contribution in [-0.2, 0) is 6.18 Å². The van der Waals surface area contributed by atoms with Crippen molar-refractivity contribution < 1.29 is 13.2 Å². The van der Waals surface area contributed by atoms with Gasteiger partial charge < -0.3 is 0 Å². The summed E-state index contributed by atoms with van der Waals surface area (Å²) < 4.78 is 37.4. The quantitative estimate of drug-likeness (QED) is 0.745. The summed E-state index contributed by atoms with van der Waals surface area (Å²) in [7, 11) is 0. The standard InChI is InChI=1S/C14H12F3NS/c1-2-19-13-7-11(8-18-9-13)10-3-5-12(6-4-10)14(15,16)17/h3-9H,2H2,1H3. The molecule has 1 aromatic heterocycles. The molecule has 1 aromatic carbocycles. The van der Waals surface area contributed by atoms with Crippen molar-refractivity contribution in [3.63, 3.8) is 0 Å². The summed E-state index contributed by atoms with van der Waals surface area (Å²) in [5, 5.41) is 0. The minimum Gasteiger partial charge on any atom is -0.263 e. The van der Waals surface area contributed by atoms with Gasteiger partial charge in [0.25, 0.3) is 0 Å². The fourth-order valence-corrected chi connectivity index (χ4v) is 2.35. The molecule has 5 heteroatoms. The van der Waals surface area contributed by atoms with Crippen LogP contribution in [0.2, 0.25) is 0 Å². The molecule has 0 aliphatic heterocycles. The second kappa shape index (κ2) is 5.65. The third-order valence-electron chi connectivity index (χ3n) is 2.57. The number of pyridine rings is 1. The second-order valence-corrected chi connectivity index (χ2v) is 5.25. The predicted octanol–water partition coefficient (Wildman–Crippen LogP) is 4.88. The molecule has 0 saturated carbocycles. The maximum absolute atomic E-state index is 12.5. The van der Waals surface area contributed by atoms with Gasteiger partial charge in [0.15, 0.2) is 0 Å². The third kappa shape index (κ3) is 3.50. The lowest BCUT2D eigenvalue weighted by molar-refractivity contribution is -0.137. The Labute approximate surface area is 113 Å². The highest BCUT2D eigenvalue weighted by molar-refractivity contribution is 7.99. The first kappa shape index (κ1) is 13.9. The average molecular weight is 283 g/mol. The van der Waals surface area contributed by atoms with Gasteiger partial charge in [-0.25, -0.2) is 0 Å². The van der Waals surface area contributed by atoms with E-state index < -0.39 is 11.7 Å². The largest absolute Gasteiger partial charge is 0.416 e. The summed E-state index contributed by atoms with van der Waals surface area (Å²) >= 11 is 1.65. The minimum atomic E-state index is -4.29. The fourth-order valence-electron chi connectivity index (χ4n) is 1.67. The first-order valence-electron chi connectivity index (χ1n) is 5.76. The molecule has 0 saturated heterocycles. The SMILES string of the molecule is CCSc1cncc(-c2ccc(C(F)(F)F)cc2)c1. The second-order valence-electron chi connectivity index (χ2n) is 3.92. The van der Waals surface area contributed by atoms with Crippen LogP contribution in [0.3, 0.4) is 0 Å². The molecule has 0 spiro atoms. The van der Waals surface area contributed by atoms with E-state index in [4.69, 9.17) is 0 Å². The van der Waals surface area contributed by atoms with Crippen LogP contribution in [-0.4, -0.2) is 10.7 Å². The monoisotopic (exact) mass is 283 g/mol. The van der Waals surface area contributed by atoms with Gasteiger partial charge in [0, 0.05) is 22.9 Å². The molecular weight excluding hydrogens is 271 g/mol. The molecule has 0 amide bonds. The minimum absolute atomic E-state index is 0.636. The van der Waals surface area contributed by atoms with E-state index in [0.29, 0.717) is 0 Å². The zero-order chi connectivity index (χ0) is 13.9. The summed E-state index contributed by atoms with van der Waals surface area (Å²) in [6.45, 7) is 2.04. The Morgan fingerprint density at radius 3 is 2.32 bits per heavy atom. The smallest absolute Gasteiger partial charge is 0.263 e. The molecular formula is C14H12F3NS. The average Bonchev–Trinajstić information content (AvgIpc) is 2.39. The maximum atomic E-state index is 12.5. The maximum Gasteiger partial charge on any atom is 0.416 e. The summed E-state index contributed by atoms with van der Waals surface area (Å²) in [5.41, 5.74) is 0.925. The molecule has 0 aliphatic rings. The van der Waals surface area contributed by atoms with E-state index >= 15 is 0 Å². The van der Waals surface area contributed by atoms with Crippen molar-refractivity contribution in [2.24, 2.45) is 0 Å². The number of nitrogens with zero attached hydrogens (tertiary/aromatic N) is 1. The number of benzene rings is 1. The van der Waals surface area contributed by atoms with Crippen LogP contribution in [0.25, 0.3) is 11.1 Å². The lowest BCUT2D eigenvalue weighted by atomic mass is 10.1. The third-order valence-corrected chi connectivity index (χ3v) is 3.41. The highest BCUT2D eigenvalue weighted by Crippen LogP contribution is 2.31. The molecule has 0 N–H and O–H groups in total. The van der Waals surface area contributed by atoms with Crippen molar-refractivity contribution in [1.29, 1.82) is 0 Å². The van der Waals surface area contributed by atoms with E-state index in [0.717, 1.165) is 33.9 Å². The number of rotatable bonds is 3. The van der Waals surface area contributed by atoms with Crippen LogP contribution in [0.15, 0.2) is 47.6 Å². The molecule has 2 rings (SSSR count). The molecule has 0 fully saturated rings. The molecule has 0 radical (unpaired) electrons. The lowest BCUT2D eigenvalue weighted by Crippen LogP contribution is -2.03. The van der Waals surface area contributed by atoms with E-state index in [1.807, 2.05) is 13.0 Å². The fraction of sp³-hybridized carbons (Fsp3) is 0.214. The Kier molecular flexibility index (Phi) is 4.14. The lowest BCUT2D eigenvalue weighted by Gasteiger charge is -2.08. The van der Waals surface area contributed by atoms with Crippen molar-refractivity contribution >= 4 is 11.8 Å². The van der Waals surface area contributed by atoms with Gasteiger partial charge in [-0.2, -0.15) is 13.2 Å².